The fourth-order valence-corrected chi connectivity index (χ4v) is 4.30. The highest BCUT2D eigenvalue weighted by molar-refractivity contribution is 7.18. The van der Waals surface area contributed by atoms with E-state index >= 15 is 0 Å². The van der Waals surface area contributed by atoms with Gasteiger partial charge in [0.1, 0.15) is 16.9 Å². The summed E-state index contributed by atoms with van der Waals surface area (Å²) in [7, 11) is 0. The molecule has 0 spiro atoms. The minimum Gasteiger partial charge on any atom is -0.383 e. The fraction of sp³-hybridized carbons (Fsp3) is 0.0870. The quantitative estimate of drug-likeness (QED) is 0.338. The van der Waals surface area contributed by atoms with Crippen molar-refractivity contribution in [1.29, 1.82) is 0 Å². The first-order chi connectivity index (χ1) is 15.1. The smallest absolute Gasteiger partial charge is 0.256 e. The Labute approximate surface area is 181 Å². The highest BCUT2D eigenvalue weighted by Crippen LogP contribution is 2.28. The number of benzene rings is 3. The number of hydrogen-bond acceptors (Lipinski definition) is 6. The predicted molar refractivity (Wildman–Crippen MR) is 121 cm³/mol. The third-order valence-electron chi connectivity index (χ3n) is 4.95. The molecule has 0 aliphatic rings. The molecule has 0 saturated carbocycles. The predicted octanol–water partition coefficient (Wildman–Crippen LogP) is 3.87. The van der Waals surface area contributed by atoms with Crippen LogP contribution in [0.2, 0.25) is 0 Å². The zero-order valence-electron chi connectivity index (χ0n) is 16.2. The molecule has 5 aromatic rings. The van der Waals surface area contributed by atoms with E-state index in [-0.39, 0.29) is 0 Å². The average molecular weight is 430 g/mol. The van der Waals surface area contributed by atoms with Gasteiger partial charge in [0.05, 0.1) is 21.3 Å². The van der Waals surface area contributed by atoms with Crippen LogP contribution in [0.15, 0.2) is 72.8 Å². The number of thiazole rings is 1. The number of aromatic nitrogens is 3. The van der Waals surface area contributed by atoms with Crippen molar-refractivity contribution in [3.63, 3.8) is 0 Å². The number of aliphatic hydroxyl groups excluding tert-OH is 2. The van der Waals surface area contributed by atoms with Gasteiger partial charge in [-0.1, -0.05) is 24.3 Å². The molecule has 0 aliphatic heterocycles. The number of hydrogen-bond donors (Lipinski definition) is 4. The van der Waals surface area contributed by atoms with E-state index < -0.39 is 18.1 Å². The first kappa shape index (κ1) is 19.4. The first-order valence-corrected chi connectivity index (χ1v) is 10.5. The number of aromatic amines is 1. The molecule has 0 fully saturated rings. The number of carbonyl (C=O) groups is 1. The highest BCUT2D eigenvalue weighted by Gasteiger charge is 2.28. The van der Waals surface area contributed by atoms with E-state index in [9.17, 15) is 15.0 Å². The SMILES string of the molecule is O=C(Nc1ccc(-c2nc3ccccc3[nH]2)cc1)C(O)C(O)c1nc2ccccc2s1. The lowest BCUT2D eigenvalue weighted by atomic mass is 10.1. The average Bonchev–Trinajstić information content (AvgIpc) is 3.42. The van der Waals surface area contributed by atoms with Crippen LogP contribution in [0, 0.1) is 0 Å². The van der Waals surface area contributed by atoms with E-state index in [0.717, 1.165) is 32.6 Å². The van der Waals surface area contributed by atoms with Gasteiger partial charge in [-0.05, 0) is 48.5 Å². The third kappa shape index (κ3) is 3.79. The lowest BCUT2D eigenvalue weighted by molar-refractivity contribution is -0.129. The molecule has 31 heavy (non-hydrogen) atoms. The van der Waals surface area contributed by atoms with Gasteiger partial charge in [-0.3, -0.25) is 4.79 Å². The molecule has 0 saturated heterocycles. The van der Waals surface area contributed by atoms with Crippen molar-refractivity contribution in [2.45, 2.75) is 12.2 Å². The Morgan fingerprint density at radius 1 is 0.903 bits per heavy atom. The molecule has 5 rings (SSSR count). The van der Waals surface area contributed by atoms with Crippen molar-refractivity contribution in [2.24, 2.45) is 0 Å². The summed E-state index contributed by atoms with van der Waals surface area (Å²) < 4.78 is 0.880. The van der Waals surface area contributed by atoms with E-state index in [4.69, 9.17) is 0 Å². The molecule has 3 aromatic carbocycles. The Balaban J connectivity index is 1.29. The van der Waals surface area contributed by atoms with Crippen LogP contribution in [0.25, 0.3) is 32.6 Å². The molecule has 2 unspecified atom stereocenters. The number of nitrogens with one attached hydrogen (secondary N) is 2. The van der Waals surface area contributed by atoms with Gasteiger partial charge in [0.25, 0.3) is 5.91 Å². The van der Waals surface area contributed by atoms with E-state index in [2.05, 4.69) is 20.3 Å². The minimum absolute atomic E-state index is 0.295. The van der Waals surface area contributed by atoms with Gasteiger partial charge < -0.3 is 20.5 Å². The zero-order valence-corrected chi connectivity index (χ0v) is 17.0. The van der Waals surface area contributed by atoms with Crippen LogP contribution in [0.4, 0.5) is 5.69 Å². The number of nitrogens with zero attached hydrogens (tertiary/aromatic N) is 2. The van der Waals surface area contributed by atoms with Crippen LogP contribution in [0.5, 0.6) is 0 Å². The van der Waals surface area contributed by atoms with Gasteiger partial charge in [-0.25, -0.2) is 9.97 Å². The highest BCUT2D eigenvalue weighted by atomic mass is 32.1. The molecule has 154 valence electrons. The molecular weight excluding hydrogens is 412 g/mol. The van der Waals surface area contributed by atoms with E-state index in [1.807, 2.05) is 60.7 Å². The maximum atomic E-state index is 12.5. The minimum atomic E-state index is -1.64. The van der Waals surface area contributed by atoms with E-state index in [1.165, 1.54) is 11.3 Å². The molecule has 0 radical (unpaired) electrons. The molecule has 0 aliphatic carbocycles. The van der Waals surface area contributed by atoms with Gasteiger partial charge in [-0.15, -0.1) is 11.3 Å². The Hall–Kier alpha value is -3.59. The van der Waals surface area contributed by atoms with Crippen molar-refractivity contribution in [3.05, 3.63) is 77.8 Å². The largest absolute Gasteiger partial charge is 0.383 e. The number of amides is 1. The van der Waals surface area contributed by atoms with Gasteiger partial charge in [0, 0.05) is 11.3 Å². The molecular formula is C23H18N4O3S. The molecule has 4 N–H and O–H groups in total. The van der Waals surface area contributed by atoms with Gasteiger partial charge in [0.15, 0.2) is 6.10 Å². The molecule has 2 atom stereocenters. The Morgan fingerprint density at radius 2 is 1.61 bits per heavy atom. The lowest BCUT2D eigenvalue weighted by Crippen LogP contribution is -2.33. The topological polar surface area (TPSA) is 111 Å². The second-order valence-electron chi connectivity index (χ2n) is 7.08. The molecule has 0 bridgehead atoms. The molecule has 2 aromatic heterocycles. The summed E-state index contributed by atoms with van der Waals surface area (Å²) in [5.74, 6) is 0.0219. The second-order valence-corrected chi connectivity index (χ2v) is 8.14. The second kappa shape index (κ2) is 7.92. The van der Waals surface area contributed by atoms with E-state index in [1.54, 1.807) is 12.1 Å². The Kier molecular flexibility index (Phi) is 4.95. The summed E-state index contributed by atoms with van der Waals surface area (Å²) in [6.07, 6.45) is -3.05. The Bertz CT molecular complexity index is 1310. The summed E-state index contributed by atoms with van der Waals surface area (Å²) in [5.41, 5.74) is 3.91. The number of imidazole rings is 1. The van der Waals surface area contributed by atoms with Crippen molar-refractivity contribution in [2.75, 3.05) is 5.32 Å². The van der Waals surface area contributed by atoms with Gasteiger partial charge in [-0.2, -0.15) is 0 Å². The first-order valence-electron chi connectivity index (χ1n) is 9.66. The summed E-state index contributed by atoms with van der Waals surface area (Å²) in [4.78, 5) is 24.6. The maximum Gasteiger partial charge on any atom is 0.256 e. The standard InChI is InChI=1S/C23H18N4O3S/c28-19(20(29)23-27-17-7-3-4-8-18(17)31-23)22(30)24-14-11-9-13(10-12-14)21-25-15-5-1-2-6-16(15)26-21/h1-12,19-20,28-29H,(H,24,30)(H,25,26). The summed E-state index contributed by atoms with van der Waals surface area (Å²) >= 11 is 1.25. The van der Waals surface area contributed by atoms with Gasteiger partial charge in [0.2, 0.25) is 0 Å². The number of para-hydroxylation sites is 3. The molecule has 8 heteroatoms. The Morgan fingerprint density at radius 3 is 2.35 bits per heavy atom. The van der Waals surface area contributed by atoms with Gasteiger partial charge >= 0.3 is 0 Å². The van der Waals surface area contributed by atoms with Crippen LogP contribution >= 0.6 is 11.3 Å². The lowest BCUT2D eigenvalue weighted by Gasteiger charge is -2.15. The number of carbonyl (C=O) groups excluding carboxylic acids is 1. The summed E-state index contributed by atoms with van der Waals surface area (Å²) in [6, 6.07) is 22.3. The number of anilines is 1. The number of H-pyrrole nitrogens is 1. The van der Waals surface area contributed by atoms with Crippen LogP contribution in [-0.4, -0.2) is 37.2 Å². The summed E-state index contributed by atoms with van der Waals surface area (Å²) in [5, 5.41) is 23.7. The monoisotopic (exact) mass is 430 g/mol. The number of rotatable bonds is 5. The van der Waals surface area contributed by atoms with Crippen molar-refractivity contribution in [1.82, 2.24) is 15.0 Å². The van der Waals surface area contributed by atoms with Crippen LogP contribution in [-0.2, 0) is 4.79 Å². The zero-order chi connectivity index (χ0) is 21.4. The normalized spacial score (nSPS) is 13.4. The number of fused-ring (bicyclic) bond motifs is 2. The molecule has 7 nitrogen and oxygen atoms in total. The number of aliphatic hydroxyl groups is 2. The molecule has 1 amide bonds. The van der Waals surface area contributed by atoms with Crippen molar-refractivity contribution in [3.8, 4) is 11.4 Å². The van der Waals surface area contributed by atoms with Crippen LogP contribution in [0.3, 0.4) is 0 Å². The van der Waals surface area contributed by atoms with E-state index in [0.29, 0.717) is 10.7 Å². The molecule has 2 heterocycles. The van der Waals surface area contributed by atoms with Crippen molar-refractivity contribution < 1.29 is 15.0 Å². The fourth-order valence-electron chi connectivity index (χ4n) is 3.31. The van der Waals surface area contributed by atoms with Crippen molar-refractivity contribution >= 4 is 44.2 Å². The van der Waals surface area contributed by atoms with Crippen LogP contribution in [0.1, 0.15) is 11.1 Å². The maximum absolute atomic E-state index is 12.5. The van der Waals surface area contributed by atoms with Crippen LogP contribution < -0.4 is 5.32 Å². The summed E-state index contributed by atoms with van der Waals surface area (Å²) in [6.45, 7) is 0. The third-order valence-corrected chi connectivity index (χ3v) is 6.05.